The molecule has 0 spiro atoms. The summed E-state index contributed by atoms with van der Waals surface area (Å²) in [4.78, 5) is 12.3. The van der Waals surface area contributed by atoms with Crippen LogP contribution in [0, 0.1) is 5.92 Å². The maximum absolute atomic E-state index is 12.3. The number of hydrogen-bond acceptors (Lipinski definition) is 3. The van der Waals surface area contributed by atoms with Crippen molar-refractivity contribution in [3.63, 3.8) is 0 Å². The van der Waals surface area contributed by atoms with Gasteiger partial charge in [-0.2, -0.15) is 0 Å². The fourth-order valence-electron chi connectivity index (χ4n) is 3.35. The third-order valence-electron chi connectivity index (χ3n) is 4.68. The van der Waals surface area contributed by atoms with Gasteiger partial charge in [-0.05, 0) is 49.2 Å². The molecule has 3 heteroatoms. The number of carbonyl (C=O) groups excluding carboxylic acids is 1. The average molecular weight is 284 g/mol. The number of fused-ring (bicyclic) bond motifs is 1. The van der Waals surface area contributed by atoms with Crippen LogP contribution in [0.1, 0.15) is 37.7 Å². The molecule has 0 bridgehead atoms. The highest BCUT2D eigenvalue weighted by Gasteiger charge is 2.42. The molecular weight excluding hydrogens is 264 g/mol. The molecule has 0 radical (unpaired) electrons. The van der Waals surface area contributed by atoms with Gasteiger partial charge in [0.2, 0.25) is 0 Å². The Labute approximate surface area is 124 Å². The van der Waals surface area contributed by atoms with Gasteiger partial charge in [0.1, 0.15) is 0 Å². The van der Waals surface area contributed by atoms with Gasteiger partial charge in [0.15, 0.2) is 6.10 Å². The molecule has 0 aromatic heterocycles. The van der Waals surface area contributed by atoms with E-state index < -0.39 is 0 Å². The van der Waals surface area contributed by atoms with Crippen LogP contribution in [-0.2, 0) is 14.3 Å². The highest BCUT2D eigenvalue weighted by Crippen LogP contribution is 2.41. The number of ether oxygens (including phenoxy) is 2. The van der Waals surface area contributed by atoms with Gasteiger partial charge in [-0.25, -0.2) is 4.79 Å². The van der Waals surface area contributed by atoms with Crippen LogP contribution in [0.25, 0.3) is 5.57 Å². The van der Waals surface area contributed by atoms with Crippen molar-refractivity contribution in [2.45, 2.75) is 44.3 Å². The van der Waals surface area contributed by atoms with Crippen molar-refractivity contribution in [3.8, 4) is 0 Å². The number of hydrogen-bond donors (Lipinski definition) is 0. The van der Waals surface area contributed by atoms with Crippen molar-refractivity contribution in [2.75, 3.05) is 6.61 Å². The first-order valence-corrected chi connectivity index (χ1v) is 7.94. The lowest BCUT2D eigenvalue weighted by molar-refractivity contribution is -0.145. The van der Waals surface area contributed by atoms with E-state index in [4.69, 9.17) is 9.47 Å². The number of esters is 1. The van der Waals surface area contributed by atoms with E-state index in [-0.39, 0.29) is 18.2 Å². The van der Waals surface area contributed by atoms with E-state index in [2.05, 4.69) is 0 Å². The minimum Gasteiger partial charge on any atom is -0.451 e. The van der Waals surface area contributed by atoms with Crippen LogP contribution < -0.4 is 0 Å². The molecule has 21 heavy (non-hydrogen) atoms. The molecule has 0 N–H and O–H groups in total. The second kappa shape index (κ2) is 5.30. The maximum atomic E-state index is 12.3. The first-order chi connectivity index (χ1) is 10.3. The molecule has 0 unspecified atom stereocenters. The summed E-state index contributed by atoms with van der Waals surface area (Å²) in [5, 5.41) is 0. The molecule has 2 fully saturated rings. The first kappa shape index (κ1) is 13.1. The van der Waals surface area contributed by atoms with Gasteiger partial charge in [-0.1, -0.05) is 30.3 Å². The topological polar surface area (TPSA) is 35.5 Å². The molecule has 3 nitrogen and oxygen atoms in total. The summed E-state index contributed by atoms with van der Waals surface area (Å²) in [7, 11) is 0. The second-order valence-corrected chi connectivity index (χ2v) is 6.30. The fraction of sp³-hybridized carbons (Fsp3) is 0.500. The minimum absolute atomic E-state index is 0.0551. The normalized spacial score (nSPS) is 28.5. The molecule has 3 aliphatic rings. The smallest absolute Gasteiger partial charge is 0.339 e. The van der Waals surface area contributed by atoms with Gasteiger partial charge in [0.25, 0.3) is 0 Å². The monoisotopic (exact) mass is 284 g/mol. The standard InChI is InChI=1S/C18H20O3/c19-18-16(13-5-2-1-3-6-13)14-7-4-8-15(17(14)21-18)20-11-12-9-10-12/h1-3,5-6,12,15,17H,4,7-11H2/t15-,17+/m0/s1. The largest absolute Gasteiger partial charge is 0.451 e. The highest BCUT2D eigenvalue weighted by atomic mass is 16.6. The Hall–Kier alpha value is -1.61. The Morgan fingerprint density at radius 2 is 1.95 bits per heavy atom. The van der Waals surface area contributed by atoms with Crippen LogP contribution in [-0.4, -0.2) is 24.8 Å². The van der Waals surface area contributed by atoms with Gasteiger partial charge in [0, 0.05) is 6.61 Å². The lowest BCUT2D eigenvalue weighted by atomic mass is 9.86. The zero-order valence-electron chi connectivity index (χ0n) is 12.1. The lowest BCUT2D eigenvalue weighted by Gasteiger charge is -2.29. The molecular formula is C18H20O3. The van der Waals surface area contributed by atoms with E-state index in [9.17, 15) is 4.79 Å². The van der Waals surface area contributed by atoms with Gasteiger partial charge in [-0.3, -0.25) is 0 Å². The van der Waals surface area contributed by atoms with Crippen LogP contribution in [0.3, 0.4) is 0 Å². The summed E-state index contributed by atoms with van der Waals surface area (Å²) < 4.78 is 11.7. The summed E-state index contributed by atoms with van der Waals surface area (Å²) in [5.74, 6) is 0.563. The molecule has 1 aromatic carbocycles. The molecule has 0 amide bonds. The summed E-state index contributed by atoms with van der Waals surface area (Å²) >= 11 is 0. The van der Waals surface area contributed by atoms with Gasteiger partial charge in [0.05, 0.1) is 11.7 Å². The molecule has 2 atom stereocenters. The number of rotatable bonds is 4. The Morgan fingerprint density at radius 1 is 1.14 bits per heavy atom. The molecule has 1 aliphatic heterocycles. The van der Waals surface area contributed by atoms with Crippen LogP contribution in [0.4, 0.5) is 0 Å². The molecule has 0 saturated heterocycles. The highest BCUT2D eigenvalue weighted by molar-refractivity contribution is 6.19. The molecule has 2 saturated carbocycles. The van der Waals surface area contributed by atoms with E-state index in [0.29, 0.717) is 0 Å². The summed E-state index contributed by atoms with van der Waals surface area (Å²) in [6.07, 6.45) is 5.50. The van der Waals surface area contributed by atoms with Crippen LogP contribution in [0.15, 0.2) is 35.9 Å². The molecule has 2 aliphatic carbocycles. The second-order valence-electron chi connectivity index (χ2n) is 6.30. The van der Waals surface area contributed by atoms with Crippen molar-refractivity contribution >= 4 is 11.5 Å². The Morgan fingerprint density at radius 3 is 2.71 bits per heavy atom. The lowest BCUT2D eigenvalue weighted by Crippen LogP contribution is -2.35. The quantitative estimate of drug-likeness (QED) is 0.795. The van der Waals surface area contributed by atoms with Crippen molar-refractivity contribution < 1.29 is 14.3 Å². The van der Waals surface area contributed by atoms with E-state index in [1.165, 1.54) is 12.8 Å². The van der Waals surface area contributed by atoms with E-state index in [0.717, 1.165) is 48.5 Å². The SMILES string of the molecule is O=C1O[C@@H]2C(=C1c1ccccc1)CCC[C@@H]2OCC1CC1. The maximum Gasteiger partial charge on any atom is 0.339 e. The third kappa shape index (κ3) is 2.51. The van der Waals surface area contributed by atoms with E-state index >= 15 is 0 Å². The molecule has 1 heterocycles. The number of benzene rings is 1. The summed E-state index contributed by atoms with van der Waals surface area (Å²) in [5.41, 5.74) is 2.90. The molecule has 1 aromatic rings. The minimum atomic E-state index is -0.178. The molecule has 110 valence electrons. The summed E-state index contributed by atoms with van der Waals surface area (Å²) in [6, 6.07) is 9.87. The van der Waals surface area contributed by atoms with Crippen LogP contribution in [0.2, 0.25) is 0 Å². The summed E-state index contributed by atoms with van der Waals surface area (Å²) in [6.45, 7) is 0.826. The number of carbonyl (C=O) groups is 1. The predicted molar refractivity (Wildman–Crippen MR) is 79.6 cm³/mol. The Kier molecular flexibility index (Phi) is 3.30. The van der Waals surface area contributed by atoms with Crippen molar-refractivity contribution in [1.29, 1.82) is 0 Å². The molecule has 4 rings (SSSR count). The first-order valence-electron chi connectivity index (χ1n) is 7.94. The van der Waals surface area contributed by atoms with Crippen molar-refractivity contribution in [1.82, 2.24) is 0 Å². The van der Waals surface area contributed by atoms with Crippen molar-refractivity contribution in [2.24, 2.45) is 5.92 Å². The van der Waals surface area contributed by atoms with Crippen LogP contribution >= 0.6 is 0 Å². The fourth-order valence-corrected chi connectivity index (χ4v) is 3.35. The Balaban J connectivity index is 1.60. The third-order valence-corrected chi connectivity index (χ3v) is 4.68. The zero-order valence-corrected chi connectivity index (χ0v) is 12.1. The Bertz CT molecular complexity index is 571. The van der Waals surface area contributed by atoms with Crippen LogP contribution in [0.5, 0.6) is 0 Å². The van der Waals surface area contributed by atoms with E-state index in [1.807, 2.05) is 30.3 Å². The zero-order chi connectivity index (χ0) is 14.2. The van der Waals surface area contributed by atoms with Gasteiger partial charge >= 0.3 is 5.97 Å². The average Bonchev–Trinajstić information content (AvgIpc) is 3.27. The van der Waals surface area contributed by atoms with E-state index in [1.54, 1.807) is 0 Å². The predicted octanol–water partition coefficient (Wildman–Crippen LogP) is 3.34. The van der Waals surface area contributed by atoms with Gasteiger partial charge < -0.3 is 9.47 Å². The van der Waals surface area contributed by atoms with Gasteiger partial charge in [-0.15, -0.1) is 0 Å². The van der Waals surface area contributed by atoms with Crippen molar-refractivity contribution in [3.05, 3.63) is 41.5 Å².